The number of hydrogen-bond donors (Lipinski definition) is 2. The SMILES string of the molecule is COc1cc([C@H]2C3=CC[C@@H]4C(=O)N(CCC(=O)O)C(=O)[C@@H]4[C@@H]3CC3=C2C(=O)C(C)=CC3=O)c(Br)c(Br)c1O. The third-order valence-electron chi connectivity index (χ3n) is 7.91. The Morgan fingerprint density at radius 2 is 1.84 bits per heavy atom. The number of nitrogens with zero attached hydrogens (tertiary/aromatic N) is 1. The first kappa shape index (κ1) is 26.6. The average molecular weight is 649 g/mol. The number of phenols is 1. The van der Waals surface area contributed by atoms with E-state index >= 15 is 0 Å². The van der Waals surface area contributed by atoms with Gasteiger partial charge in [-0.05, 0) is 75.2 Å². The maximum atomic E-state index is 13.5. The van der Waals surface area contributed by atoms with Crippen LogP contribution in [0.2, 0.25) is 0 Å². The van der Waals surface area contributed by atoms with Gasteiger partial charge in [0, 0.05) is 33.7 Å². The van der Waals surface area contributed by atoms with E-state index < -0.39 is 41.5 Å². The fourth-order valence-corrected chi connectivity index (χ4v) is 7.14. The molecule has 1 aromatic rings. The second-order valence-corrected chi connectivity index (χ2v) is 11.4. The molecular formula is C27H23Br2NO8. The second kappa shape index (κ2) is 9.60. The third-order valence-corrected chi connectivity index (χ3v) is 10.1. The van der Waals surface area contributed by atoms with Gasteiger partial charge in [-0.15, -0.1) is 0 Å². The highest BCUT2D eigenvalue weighted by molar-refractivity contribution is 9.13. The smallest absolute Gasteiger partial charge is 0.305 e. The quantitative estimate of drug-likeness (QED) is 0.279. The number of phenolic OH excluding ortho intramolecular Hbond substituents is 1. The lowest BCUT2D eigenvalue weighted by Gasteiger charge is -2.42. The predicted octanol–water partition coefficient (Wildman–Crippen LogP) is 3.83. The minimum atomic E-state index is -1.11. The number of carboxylic acids is 1. The fraction of sp³-hybridized carbons (Fsp3) is 0.370. The number of carbonyl (C=O) groups excluding carboxylic acids is 4. The summed E-state index contributed by atoms with van der Waals surface area (Å²) >= 11 is 6.90. The van der Waals surface area contributed by atoms with Crippen molar-refractivity contribution in [3.05, 3.63) is 55.0 Å². The van der Waals surface area contributed by atoms with Crippen molar-refractivity contribution in [1.29, 1.82) is 0 Å². The number of Topliss-reactive ketones (excluding diaryl/α,β-unsaturated/α-hetero) is 1. The van der Waals surface area contributed by atoms with Gasteiger partial charge in [0.2, 0.25) is 11.8 Å². The maximum absolute atomic E-state index is 13.5. The number of halogens is 2. The summed E-state index contributed by atoms with van der Waals surface area (Å²) in [5.41, 5.74) is 2.22. The zero-order valence-corrected chi connectivity index (χ0v) is 23.6. The highest BCUT2D eigenvalue weighted by Crippen LogP contribution is 2.57. The number of aliphatic carboxylic acids is 1. The van der Waals surface area contributed by atoms with Crippen molar-refractivity contribution in [2.45, 2.75) is 32.1 Å². The first-order valence-corrected chi connectivity index (χ1v) is 13.6. The van der Waals surface area contributed by atoms with Crippen molar-refractivity contribution in [3.63, 3.8) is 0 Å². The van der Waals surface area contributed by atoms with E-state index in [1.165, 1.54) is 13.2 Å². The Labute approximate surface area is 234 Å². The van der Waals surface area contributed by atoms with E-state index in [2.05, 4.69) is 31.9 Å². The lowest BCUT2D eigenvalue weighted by molar-refractivity contribution is -0.142. The lowest BCUT2D eigenvalue weighted by atomic mass is 9.59. The largest absolute Gasteiger partial charge is 0.503 e. The van der Waals surface area contributed by atoms with Crippen LogP contribution in [0.3, 0.4) is 0 Å². The third kappa shape index (κ3) is 3.89. The molecule has 3 aliphatic carbocycles. The van der Waals surface area contributed by atoms with Crippen LogP contribution in [0, 0.1) is 17.8 Å². The normalized spacial score (nSPS) is 26.6. The molecule has 2 amide bonds. The van der Waals surface area contributed by atoms with Gasteiger partial charge in [-0.25, -0.2) is 0 Å². The Balaban J connectivity index is 1.69. The fourth-order valence-electron chi connectivity index (χ4n) is 6.19. The molecule has 4 atom stereocenters. The maximum Gasteiger partial charge on any atom is 0.305 e. The molecule has 1 aromatic carbocycles. The van der Waals surface area contributed by atoms with Gasteiger partial charge in [0.05, 0.1) is 29.8 Å². The molecule has 198 valence electrons. The van der Waals surface area contributed by atoms with E-state index in [1.54, 1.807) is 13.0 Å². The van der Waals surface area contributed by atoms with Crippen LogP contribution in [-0.4, -0.2) is 58.1 Å². The van der Waals surface area contributed by atoms with Crippen LogP contribution < -0.4 is 4.74 Å². The summed E-state index contributed by atoms with van der Waals surface area (Å²) < 4.78 is 6.13. The molecule has 0 unspecified atom stereocenters. The van der Waals surface area contributed by atoms with Gasteiger partial charge in [0.1, 0.15) is 0 Å². The van der Waals surface area contributed by atoms with Crippen molar-refractivity contribution in [2.75, 3.05) is 13.7 Å². The van der Waals surface area contributed by atoms with E-state index in [9.17, 15) is 29.1 Å². The highest BCUT2D eigenvalue weighted by Gasteiger charge is 2.56. The number of ether oxygens (including phenoxy) is 1. The first-order valence-electron chi connectivity index (χ1n) is 12.0. The minimum Gasteiger partial charge on any atom is -0.503 e. The number of fused-ring (bicyclic) bond motifs is 3. The molecule has 9 nitrogen and oxygen atoms in total. The topological polar surface area (TPSA) is 138 Å². The van der Waals surface area contributed by atoms with E-state index in [0.29, 0.717) is 31.2 Å². The summed E-state index contributed by atoms with van der Waals surface area (Å²) in [6.45, 7) is 1.37. The van der Waals surface area contributed by atoms with Crippen molar-refractivity contribution in [1.82, 2.24) is 4.90 Å². The molecule has 0 saturated carbocycles. The number of benzene rings is 1. The number of aromatic hydroxyl groups is 1. The molecule has 0 radical (unpaired) electrons. The number of carbonyl (C=O) groups is 5. The van der Waals surface area contributed by atoms with Gasteiger partial charge in [-0.2, -0.15) is 0 Å². The van der Waals surface area contributed by atoms with E-state index in [-0.39, 0.29) is 48.9 Å². The number of allylic oxidation sites excluding steroid dienone is 6. The Bertz CT molecular complexity index is 1440. The summed E-state index contributed by atoms with van der Waals surface area (Å²) in [7, 11) is 1.40. The number of carboxylic acid groups (broad SMARTS) is 1. The summed E-state index contributed by atoms with van der Waals surface area (Å²) in [5, 5.41) is 19.6. The van der Waals surface area contributed by atoms with Crippen molar-refractivity contribution < 1.29 is 38.9 Å². The van der Waals surface area contributed by atoms with Gasteiger partial charge in [0.15, 0.2) is 23.1 Å². The molecule has 0 bridgehead atoms. The summed E-state index contributed by atoms with van der Waals surface area (Å²) in [6.07, 6.45) is 3.18. The monoisotopic (exact) mass is 647 g/mol. The van der Waals surface area contributed by atoms with E-state index in [1.807, 2.05) is 6.08 Å². The second-order valence-electron chi connectivity index (χ2n) is 9.85. The Morgan fingerprint density at radius 3 is 2.50 bits per heavy atom. The molecule has 4 aliphatic rings. The van der Waals surface area contributed by atoms with Crippen LogP contribution in [-0.2, 0) is 24.0 Å². The Hall–Kier alpha value is -3.05. The molecule has 38 heavy (non-hydrogen) atoms. The zero-order valence-electron chi connectivity index (χ0n) is 20.4. The van der Waals surface area contributed by atoms with Crippen LogP contribution in [0.4, 0.5) is 0 Å². The van der Waals surface area contributed by atoms with Gasteiger partial charge < -0.3 is 14.9 Å². The number of amides is 2. The molecule has 2 N–H and O–H groups in total. The van der Waals surface area contributed by atoms with Crippen LogP contribution in [0.1, 0.15) is 37.7 Å². The molecule has 1 fully saturated rings. The van der Waals surface area contributed by atoms with Crippen LogP contribution in [0.5, 0.6) is 11.5 Å². The Kier molecular flexibility index (Phi) is 6.71. The van der Waals surface area contributed by atoms with Gasteiger partial charge in [0.25, 0.3) is 0 Å². The number of ketones is 2. The standard InChI is InChI=1S/C27H23Br2NO8/c1-10-7-16(31)14-8-13-11(3-4-12-20(13)27(37)30(26(12)36)6-5-18(32)33)19(21(14)24(10)34)15-9-17(38-2)25(35)23(29)22(15)28/h3,7,9,12-13,19-20,35H,4-6,8H2,1-2H3,(H,32,33)/t12-,13+,19+,20-/m0/s1. The average Bonchev–Trinajstić information content (AvgIpc) is 3.13. The summed E-state index contributed by atoms with van der Waals surface area (Å²) in [6, 6.07) is 1.60. The minimum absolute atomic E-state index is 0.118. The number of imide groups is 1. The van der Waals surface area contributed by atoms with Crippen molar-refractivity contribution in [3.8, 4) is 11.5 Å². The molecule has 1 aliphatic heterocycles. The van der Waals surface area contributed by atoms with Crippen LogP contribution in [0.25, 0.3) is 0 Å². The number of rotatable bonds is 5. The van der Waals surface area contributed by atoms with Gasteiger partial charge in [-0.1, -0.05) is 11.6 Å². The van der Waals surface area contributed by atoms with Gasteiger partial charge in [-0.3, -0.25) is 28.9 Å². The molecule has 11 heteroatoms. The summed E-state index contributed by atoms with van der Waals surface area (Å²) in [5.74, 6) is -5.28. The molecule has 0 spiro atoms. The number of methoxy groups -OCH3 is 1. The first-order chi connectivity index (χ1) is 18.0. The lowest BCUT2D eigenvalue weighted by Crippen LogP contribution is -2.40. The predicted molar refractivity (Wildman–Crippen MR) is 140 cm³/mol. The molecule has 1 heterocycles. The Morgan fingerprint density at radius 1 is 1.13 bits per heavy atom. The zero-order chi connectivity index (χ0) is 27.6. The van der Waals surface area contributed by atoms with Gasteiger partial charge >= 0.3 is 5.97 Å². The molecule has 1 saturated heterocycles. The van der Waals surface area contributed by atoms with Crippen molar-refractivity contribution in [2.24, 2.45) is 17.8 Å². The molecule has 5 rings (SSSR count). The van der Waals surface area contributed by atoms with Crippen LogP contribution >= 0.6 is 31.9 Å². The number of likely N-dealkylation sites (tertiary alicyclic amines) is 1. The molecular weight excluding hydrogens is 626 g/mol. The molecule has 0 aromatic heterocycles. The van der Waals surface area contributed by atoms with E-state index in [0.717, 1.165) is 10.5 Å². The van der Waals surface area contributed by atoms with E-state index in [4.69, 9.17) is 9.84 Å². The number of hydrogen-bond acceptors (Lipinski definition) is 7. The highest BCUT2D eigenvalue weighted by atomic mass is 79.9. The van der Waals surface area contributed by atoms with Crippen molar-refractivity contribution >= 4 is 61.2 Å². The van der Waals surface area contributed by atoms with Crippen LogP contribution in [0.15, 0.2) is 49.5 Å². The summed E-state index contributed by atoms with van der Waals surface area (Å²) in [4.78, 5) is 65.5.